The van der Waals surface area contributed by atoms with Crippen molar-refractivity contribution in [2.24, 2.45) is 0 Å². The van der Waals surface area contributed by atoms with E-state index in [0.29, 0.717) is 0 Å². The highest BCUT2D eigenvalue weighted by atomic mass is 32.1. The van der Waals surface area contributed by atoms with Crippen LogP contribution in [-0.2, 0) is 0 Å². The van der Waals surface area contributed by atoms with Crippen LogP contribution >= 0.6 is 22.7 Å². The van der Waals surface area contributed by atoms with Gasteiger partial charge in [0.15, 0.2) is 0 Å². The molecule has 0 radical (unpaired) electrons. The predicted molar refractivity (Wildman–Crippen MR) is 213 cm³/mol. The first-order chi connectivity index (χ1) is 23.8. The van der Waals surface area contributed by atoms with Gasteiger partial charge in [-0.1, -0.05) is 158 Å². The summed E-state index contributed by atoms with van der Waals surface area (Å²) in [6.45, 7) is 0. The molecule has 2 aromatic heterocycles. The number of hydrogen-bond donors (Lipinski definition) is 0. The Balaban J connectivity index is 1.02. The Kier molecular flexibility index (Phi) is 9.95. The minimum Gasteiger partial charge on any atom is -0.136 e. The van der Waals surface area contributed by atoms with Crippen LogP contribution in [0.3, 0.4) is 0 Å². The third-order valence-corrected chi connectivity index (χ3v) is 10.0. The van der Waals surface area contributed by atoms with Crippen molar-refractivity contribution in [3.05, 3.63) is 223 Å². The zero-order valence-corrected chi connectivity index (χ0v) is 28.1. The van der Waals surface area contributed by atoms with Crippen molar-refractivity contribution < 1.29 is 0 Å². The summed E-state index contributed by atoms with van der Waals surface area (Å²) in [6, 6.07) is 60.0. The summed E-state index contributed by atoms with van der Waals surface area (Å²) in [6.07, 6.45) is 13.4. The van der Waals surface area contributed by atoms with Gasteiger partial charge in [0, 0.05) is 19.5 Å². The molecule has 0 bridgehead atoms. The van der Waals surface area contributed by atoms with E-state index in [1.54, 1.807) is 22.7 Å². The normalized spacial score (nSPS) is 11.2. The average molecular weight is 651 g/mol. The van der Waals surface area contributed by atoms with Gasteiger partial charge in [0.05, 0.1) is 0 Å². The number of hydrogen-bond acceptors (Lipinski definition) is 2. The van der Waals surface area contributed by atoms with Crippen molar-refractivity contribution in [2.75, 3.05) is 0 Å². The summed E-state index contributed by atoms with van der Waals surface area (Å²) in [5, 5.41) is 0. The Morgan fingerprint density at radius 2 is 0.583 bits per heavy atom. The topological polar surface area (TPSA) is 0 Å². The molecular formula is C46H34S2. The highest BCUT2D eigenvalue weighted by Gasteiger charge is 2.07. The van der Waals surface area contributed by atoms with Gasteiger partial charge in [-0.05, 0) is 93.1 Å². The van der Waals surface area contributed by atoms with Crippen LogP contribution in [-0.4, -0.2) is 0 Å². The molecule has 230 valence electrons. The Morgan fingerprint density at radius 1 is 0.292 bits per heavy atom. The Hall–Kier alpha value is -5.54. The minimum atomic E-state index is 1.19. The van der Waals surface area contributed by atoms with Crippen LogP contribution < -0.4 is 0 Å². The molecule has 0 aliphatic heterocycles. The van der Waals surface area contributed by atoms with Crippen molar-refractivity contribution in [1.82, 2.24) is 0 Å². The van der Waals surface area contributed by atoms with Gasteiger partial charge in [0.1, 0.15) is 0 Å². The fourth-order valence-electron chi connectivity index (χ4n) is 5.57. The lowest BCUT2D eigenvalue weighted by Gasteiger charge is -2.08. The van der Waals surface area contributed by atoms with Crippen LogP contribution in [0.5, 0.6) is 0 Å². The van der Waals surface area contributed by atoms with E-state index in [0.717, 1.165) is 0 Å². The van der Waals surface area contributed by atoms with Gasteiger partial charge in [-0.2, -0.15) is 0 Å². The number of rotatable bonds is 10. The lowest BCUT2D eigenvalue weighted by Crippen LogP contribution is -1.86. The maximum absolute atomic E-state index is 2.30. The molecule has 0 saturated heterocycles. The van der Waals surface area contributed by atoms with Crippen molar-refractivity contribution in [3.63, 3.8) is 0 Å². The molecule has 0 fully saturated rings. The molecule has 2 heteroatoms. The molecule has 0 saturated carbocycles. The first-order valence-corrected chi connectivity index (χ1v) is 17.7. The fraction of sp³-hybridized carbons (Fsp3) is 0. The summed E-state index contributed by atoms with van der Waals surface area (Å²) in [5.41, 5.74) is 9.72. The molecule has 0 unspecified atom stereocenters. The molecule has 7 aromatic rings. The number of benzene rings is 5. The zero-order valence-electron chi connectivity index (χ0n) is 26.4. The van der Waals surface area contributed by atoms with E-state index in [9.17, 15) is 0 Å². The maximum atomic E-state index is 2.30. The van der Waals surface area contributed by atoms with E-state index >= 15 is 0 Å². The van der Waals surface area contributed by atoms with Crippen LogP contribution in [0, 0.1) is 0 Å². The van der Waals surface area contributed by atoms with Gasteiger partial charge < -0.3 is 0 Å². The molecule has 2 heterocycles. The molecule has 5 aromatic carbocycles. The quantitative estimate of drug-likeness (QED) is 0.138. The molecule has 0 N–H and O–H groups in total. The monoisotopic (exact) mass is 650 g/mol. The highest BCUT2D eigenvalue weighted by molar-refractivity contribution is 7.14. The SMILES string of the molecule is C(=C(c1ccccc1)c1ccccc1)c1ccc(/C=C/c2ccc(/C=C/c3ccc(C=C(c4ccccc4)c4ccccc4)s3)cc2)s1. The van der Waals surface area contributed by atoms with Crippen molar-refractivity contribution >= 4 is 70.3 Å². The molecule has 0 amide bonds. The van der Waals surface area contributed by atoms with Crippen molar-refractivity contribution in [3.8, 4) is 0 Å². The number of thiophene rings is 2. The van der Waals surface area contributed by atoms with Gasteiger partial charge in [-0.3, -0.25) is 0 Å². The third-order valence-electron chi connectivity index (χ3n) is 8.02. The lowest BCUT2D eigenvalue weighted by atomic mass is 9.97. The zero-order chi connectivity index (χ0) is 32.4. The molecule has 0 nitrogen and oxygen atoms in total. The first-order valence-electron chi connectivity index (χ1n) is 16.1. The summed E-state index contributed by atoms with van der Waals surface area (Å²) in [7, 11) is 0. The largest absolute Gasteiger partial charge is 0.136 e. The van der Waals surface area contributed by atoms with Crippen molar-refractivity contribution in [2.45, 2.75) is 0 Å². The van der Waals surface area contributed by atoms with Gasteiger partial charge in [0.2, 0.25) is 0 Å². The van der Waals surface area contributed by atoms with E-state index in [1.165, 1.54) is 64.0 Å². The average Bonchev–Trinajstić information content (AvgIpc) is 3.82. The highest BCUT2D eigenvalue weighted by Crippen LogP contribution is 2.31. The van der Waals surface area contributed by atoms with Gasteiger partial charge in [-0.25, -0.2) is 0 Å². The maximum Gasteiger partial charge on any atom is 0.0283 e. The summed E-state index contributed by atoms with van der Waals surface area (Å²) >= 11 is 3.61. The Bertz CT molecular complexity index is 1930. The fourth-order valence-corrected chi connectivity index (χ4v) is 7.28. The molecule has 0 aliphatic carbocycles. The smallest absolute Gasteiger partial charge is 0.0283 e. The lowest BCUT2D eigenvalue weighted by molar-refractivity contribution is 1.56. The van der Waals surface area contributed by atoms with Gasteiger partial charge in [0.25, 0.3) is 0 Å². The molecule has 0 spiro atoms. The minimum absolute atomic E-state index is 1.19. The Labute approximate surface area is 291 Å². The molecule has 7 rings (SSSR count). The van der Waals surface area contributed by atoms with Crippen LogP contribution in [0.15, 0.2) is 170 Å². The molecule has 48 heavy (non-hydrogen) atoms. The predicted octanol–water partition coefficient (Wildman–Crippen LogP) is 13.3. The molecule has 0 atom stereocenters. The standard InChI is InChI=1S/C46H34S2/c1-5-13-37(14-6-1)45(38-15-7-2-8-16-38)33-43-31-29-41(47-43)27-25-35-21-23-36(24-22-35)26-28-42-30-32-44(48-42)34-46(39-17-9-3-10-18-39)40-19-11-4-12-20-40/h1-34H/b27-25+,28-26+. The second-order valence-electron chi connectivity index (χ2n) is 11.4. The molecule has 0 aliphatic rings. The Morgan fingerprint density at radius 3 is 0.896 bits per heavy atom. The van der Waals surface area contributed by atoms with E-state index in [1.807, 2.05) is 0 Å². The van der Waals surface area contributed by atoms with Gasteiger partial charge >= 0.3 is 0 Å². The second kappa shape index (κ2) is 15.4. The van der Waals surface area contributed by atoms with E-state index < -0.39 is 0 Å². The van der Waals surface area contributed by atoms with Crippen LogP contribution in [0.25, 0.3) is 47.6 Å². The molecular weight excluding hydrogens is 617 g/mol. The third kappa shape index (κ3) is 8.05. The van der Waals surface area contributed by atoms with E-state index in [2.05, 4.69) is 206 Å². The van der Waals surface area contributed by atoms with Crippen LogP contribution in [0.4, 0.5) is 0 Å². The first kappa shape index (κ1) is 31.1. The summed E-state index contributed by atoms with van der Waals surface area (Å²) in [4.78, 5) is 4.94. The van der Waals surface area contributed by atoms with Crippen molar-refractivity contribution in [1.29, 1.82) is 0 Å². The van der Waals surface area contributed by atoms with E-state index in [-0.39, 0.29) is 0 Å². The van der Waals surface area contributed by atoms with E-state index in [4.69, 9.17) is 0 Å². The second-order valence-corrected chi connectivity index (χ2v) is 13.7. The van der Waals surface area contributed by atoms with Crippen LogP contribution in [0.2, 0.25) is 0 Å². The van der Waals surface area contributed by atoms with Crippen LogP contribution in [0.1, 0.15) is 52.9 Å². The summed E-state index contributed by atoms with van der Waals surface area (Å²) in [5.74, 6) is 0. The van der Waals surface area contributed by atoms with Gasteiger partial charge in [-0.15, -0.1) is 22.7 Å². The summed E-state index contributed by atoms with van der Waals surface area (Å²) < 4.78 is 0.